The van der Waals surface area contributed by atoms with Crippen molar-refractivity contribution in [2.24, 2.45) is 0 Å². The number of nitrogens with zero attached hydrogens (tertiary/aromatic N) is 5. The molecule has 0 radical (unpaired) electrons. The fourth-order valence-corrected chi connectivity index (χ4v) is 5.24. The van der Waals surface area contributed by atoms with Crippen LogP contribution in [0.4, 0.5) is 8.78 Å². The van der Waals surface area contributed by atoms with Crippen molar-refractivity contribution < 1.29 is 8.78 Å². The number of halogens is 4. The van der Waals surface area contributed by atoms with E-state index in [0.29, 0.717) is 21.0 Å². The van der Waals surface area contributed by atoms with E-state index in [0.717, 1.165) is 22.5 Å². The summed E-state index contributed by atoms with van der Waals surface area (Å²) in [5, 5.41) is 15.2. The second-order valence-corrected chi connectivity index (χ2v) is 10.6. The highest BCUT2D eigenvalue weighted by Gasteiger charge is 2.30. The number of imidazole rings is 1. The van der Waals surface area contributed by atoms with Gasteiger partial charge in [-0.25, -0.2) is 13.8 Å². The Balaban J connectivity index is 1.53. The molecule has 0 atom stereocenters. The van der Waals surface area contributed by atoms with Crippen molar-refractivity contribution in [3.05, 3.63) is 105 Å². The highest BCUT2D eigenvalue weighted by Crippen LogP contribution is 2.38. The van der Waals surface area contributed by atoms with Crippen LogP contribution >= 0.6 is 35.0 Å². The third kappa shape index (κ3) is 5.12. The minimum Gasteiger partial charge on any atom is -0.291 e. The quantitative estimate of drug-likeness (QED) is 0.213. The van der Waals surface area contributed by atoms with Crippen LogP contribution in [0.15, 0.2) is 72.0 Å². The molecule has 2 aromatic heterocycles. The number of tetrazole rings is 1. The molecule has 0 saturated heterocycles. The molecule has 0 amide bonds. The van der Waals surface area contributed by atoms with Gasteiger partial charge in [0.2, 0.25) is 5.82 Å². The lowest BCUT2D eigenvalue weighted by atomic mass is 9.81. The summed E-state index contributed by atoms with van der Waals surface area (Å²) in [6, 6.07) is 16.6. The number of H-pyrrole nitrogens is 1. The van der Waals surface area contributed by atoms with Gasteiger partial charge in [-0.3, -0.25) is 4.57 Å². The van der Waals surface area contributed by atoms with Crippen LogP contribution < -0.4 is 0 Å². The molecule has 37 heavy (non-hydrogen) atoms. The molecule has 0 unspecified atom stereocenters. The first kappa shape index (κ1) is 25.4. The molecule has 0 fully saturated rings. The van der Waals surface area contributed by atoms with Crippen molar-refractivity contribution >= 4 is 35.0 Å². The zero-order valence-electron chi connectivity index (χ0n) is 19.7. The minimum atomic E-state index is -0.518. The third-order valence-corrected chi connectivity index (χ3v) is 7.84. The molecule has 6 nitrogen and oxygen atoms in total. The Bertz CT molecular complexity index is 1550. The van der Waals surface area contributed by atoms with Crippen molar-refractivity contribution in [3.8, 4) is 17.1 Å². The van der Waals surface area contributed by atoms with Crippen molar-refractivity contribution in [3.63, 3.8) is 0 Å². The summed E-state index contributed by atoms with van der Waals surface area (Å²) in [6.07, 6.45) is 1.81. The van der Waals surface area contributed by atoms with Crippen LogP contribution in [0.5, 0.6) is 0 Å². The first-order valence-electron chi connectivity index (χ1n) is 11.2. The van der Waals surface area contributed by atoms with Crippen molar-refractivity contribution in [1.82, 2.24) is 30.2 Å². The van der Waals surface area contributed by atoms with Crippen molar-refractivity contribution in [2.45, 2.75) is 30.2 Å². The smallest absolute Gasteiger partial charge is 0.207 e. The summed E-state index contributed by atoms with van der Waals surface area (Å²) < 4.78 is 30.1. The monoisotopic (exact) mass is 556 g/mol. The summed E-state index contributed by atoms with van der Waals surface area (Å²) in [5.74, 6) is -0.0872. The largest absolute Gasteiger partial charge is 0.291 e. The zero-order chi connectivity index (χ0) is 26.2. The van der Waals surface area contributed by atoms with E-state index in [4.69, 9.17) is 28.2 Å². The van der Waals surface area contributed by atoms with Crippen LogP contribution in [0.2, 0.25) is 10.0 Å². The van der Waals surface area contributed by atoms with E-state index in [9.17, 15) is 8.78 Å². The Hall–Kier alpha value is -3.27. The molecule has 11 heteroatoms. The number of rotatable bonds is 7. The Morgan fingerprint density at radius 3 is 2.46 bits per heavy atom. The van der Waals surface area contributed by atoms with E-state index in [-0.39, 0.29) is 17.2 Å². The molecular formula is C26H20Cl2F2N6S. The molecule has 0 aliphatic heterocycles. The number of benzene rings is 3. The highest BCUT2D eigenvalue weighted by atomic mass is 35.5. The van der Waals surface area contributed by atoms with Gasteiger partial charge in [-0.1, -0.05) is 60.9 Å². The molecule has 0 aliphatic rings. The molecule has 0 saturated carbocycles. The normalized spacial score (nSPS) is 11.7. The number of thioether (sulfide) groups is 1. The van der Waals surface area contributed by atoms with Crippen LogP contribution in [0, 0.1) is 11.6 Å². The maximum atomic E-state index is 14.4. The highest BCUT2D eigenvalue weighted by molar-refractivity contribution is 7.98. The average molecular weight is 557 g/mol. The van der Waals surface area contributed by atoms with E-state index in [2.05, 4.69) is 34.5 Å². The predicted molar refractivity (Wildman–Crippen MR) is 141 cm³/mol. The number of nitrogens with one attached hydrogen (secondary N) is 1. The molecule has 3 aromatic carbocycles. The van der Waals surface area contributed by atoms with E-state index in [1.807, 2.05) is 22.9 Å². The standard InChI is InChI=1S/C26H20Cl2F2N6S/c1-26(2,16-4-9-20(27)21(28)12-16)23-13-31-25(36(23)18-7-5-17(29)6-8-18)37-14-15-3-10-22(30)19(11-15)24-32-34-35-33-24/h3-13H,14H2,1-2H3,(H,32,33,34,35). The SMILES string of the molecule is CC(C)(c1ccc(Cl)c(Cl)c1)c1cnc(SCc2ccc(F)c(-c3nn[nH]n3)c2)n1-c1ccc(F)cc1. The van der Waals surface area contributed by atoms with Crippen LogP contribution in [-0.2, 0) is 11.2 Å². The molecule has 1 N–H and O–H groups in total. The lowest BCUT2D eigenvalue weighted by Gasteiger charge is -2.28. The molecule has 5 rings (SSSR count). The zero-order valence-corrected chi connectivity index (χ0v) is 22.0. The maximum Gasteiger partial charge on any atom is 0.207 e. The van der Waals surface area contributed by atoms with Gasteiger partial charge in [-0.2, -0.15) is 5.21 Å². The number of hydrogen-bond donors (Lipinski definition) is 1. The molecule has 2 heterocycles. The predicted octanol–water partition coefficient (Wildman–Crippen LogP) is 7.26. The summed E-state index contributed by atoms with van der Waals surface area (Å²) in [6.45, 7) is 4.13. The van der Waals surface area contributed by atoms with E-state index in [1.165, 1.54) is 30.0 Å². The van der Waals surface area contributed by atoms with Crippen molar-refractivity contribution in [1.29, 1.82) is 0 Å². The van der Waals surface area contributed by atoms with Gasteiger partial charge in [-0.05, 0) is 64.9 Å². The van der Waals surface area contributed by atoms with E-state index < -0.39 is 11.2 Å². The topological polar surface area (TPSA) is 72.3 Å². The van der Waals surface area contributed by atoms with Gasteiger partial charge in [0.25, 0.3) is 0 Å². The summed E-state index contributed by atoms with van der Waals surface area (Å²) in [5.41, 5.74) is 3.18. The van der Waals surface area contributed by atoms with Gasteiger partial charge in [0.1, 0.15) is 11.6 Å². The van der Waals surface area contributed by atoms with Gasteiger partial charge < -0.3 is 0 Å². The summed E-state index contributed by atoms with van der Waals surface area (Å²) >= 11 is 13.9. The number of hydrogen-bond acceptors (Lipinski definition) is 5. The molecular weight excluding hydrogens is 537 g/mol. The third-order valence-electron chi connectivity index (χ3n) is 6.08. The van der Waals surface area contributed by atoms with Gasteiger partial charge in [0.15, 0.2) is 5.16 Å². The van der Waals surface area contributed by atoms with Gasteiger partial charge >= 0.3 is 0 Å². The van der Waals surface area contributed by atoms with Crippen LogP contribution in [0.1, 0.15) is 30.7 Å². The second-order valence-electron chi connectivity index (χ2n) is 8.83. The lowest BCUT2D eigenvalue weighted by molar-refractivity contribution is 0.591. The molecule has 0 bridgehead atoms. The Kier molecular flexibility index (Phi) is 7.02. The van der Waals surface area contributed by atoms with E-state index in [1.54, 1.807) is 30.3 Å². The van der Waals surface area contributed by atoms with Crippen LogP contribution in [0.25, 0.3) is 17.1 Å². The summed E-state index contributed by atoms with van der Waals surface area (Å²) in [4.78, 5) is 4.71. The van der Waals surface area contributed by atoms with Gasteiger partial charge in [0.05, 0.1) is 27.5 Å². The Morgan fingerprint density at radius 1 is 0.973 bits per heavy atom. The maximum absolute atomic E-state index is 14.4. The summed E-state index contributed by atoms with van der Waals surface area (Å²) in [7, 11) is 0. The second kappa shape index (κ2) is 10.2. The minimum absolute atomic E-state index is 0.183. The number of aromatic nitrogens is 6. The molecule has 0 aliphatic carbocycles. The number of aromatic amines is 1. The average Bonchev–Trinajstić information content (AvgIpc) is 3.56. The Labute approximate surface area is 226 Å². The van der Waals surface area contributed by atoms with Gasteiger partial charge in [0, 0.05) is 16.9 Å². The molecule has 5 aromatic rings. The molecule has 0 spiro atoms. The first-order chi connectivity index (χ1) is 17.7. The van der Waals surface area contributed by atoms with Crippen molar-refractivity contribution in [2.75, 3.05) is 0 Å². The fourth-order valence-electron chi connectivity index (χ4n) is 4.01. The lowest BCUT2D eigenvalue weighted by Crippen LogP contribution is -2.23. The Morgan fingerprint density at radius 2 is 1.76 bits per heavy atom. The van der Waals surface area contributed by atoms with Crippen LogP contribution in [-0.4, -0.2) is 30.2 Å². The van der Waals surface area contributed by atoms with Crippen LogP contribution in [0.3, 0.4) is 0 Å². The van der Waals surface area contributed by atoms with Gasteiger partial charge in [-0.15, -0.1) is 10.2 Å². The fraction of sp³-hybridized carbons (Fsp3) is 0.154. The first-order valence-corrected chi connectivity index (χ1v) is 12.9. The van der Waals surface area contributed by atoms with E-state index >= 15 is 0 Å². The molecule has 188 valence electrons.